The number of hydrogen-bond acceptors (Lipinski definition) is 7. The van der Waals surface area contributed by atoms with Gasteiger partial charge in [-0.05, 0) is 47.3 Å². The Labute approximate surface area is 185 Å². The highest BCUT2D eigenvalue weighted by atomic mass is 31.0. The summed E-state index contributed by atoms with van der Waals surface area (Å²) in [6.07, 6.45) is 1.54. The number of pyridine rings is 1. The van der Waals surface area contributed by atoms with E-state index in [9.17, 15) is 9.59 Å². The fraction of sp³-hybridized carbons (Fsp3) is 0.136. The molecule has 0 aliphatic carbocycles. The Bertz CT molecular complexity index is 1170. The zero-order valence-corrected chi connectivity index (χ0v) is 17.9. The monoisotopic (exact) mass is 454 g/mol. The van der Waals surface area contributed by atoms with E-state index in [4.69, 9.17) is 24.1 Å². The van der Waals surface area contributed by atoms with Gasteiger partial charge >= 0.3 is 5.97 Å². The predicted octanol–water partition coefficient (Wildman–Crippen LogP) is 2.50. The fourth-order valence-electron chi connectivity index (χ4n) is 2.94. The van der Waals surface area contributed by atoms with Gasteiger partial charge in [-0.25, -0.2) is 9.78 Å². The zero-order valence-electron chi connectivity index (χ0n) is 16.7. The molecule has 0 spiro atoms. The summed E-state index contributed by atoms with van der Waals surface area (Å²) in [5, 5.41) is 12.3. The minimum absolute atomic E-state index is 0.153. The molecule has 2 N–H and O–H groups in total. The van der Waals surface area contributed by atoms with Crippen molar-refractivity contribution < 1.29 is 33.6 Å². The smallest absolute Gasteiger partial charge is 0.341 e. The quantitative estimate of drug-likeness (QED) is 0.499. The van der Waals surface area contributed by atoms with E-state index in [1.54, 1.807) is 48.5 Å². The molecule has 1 amide bonds. The third-order valence-electron chi connectivity index (χ3n) is 4.49. The molecule has 0 saturated heterocycles. The van der Waals surface area contributed by atoms with Gasteiger partial charge in [0, 0.05) is 18.8 Å². The van der Waals surface area contributed by atoms with Crippen molar-refractivity contribution in [3.05, 3.63) is 65.9 Å². The van der Waals surface area contributed by atoms with Gasteiger partial charge in [0.25, 0.3) is 5.91 Å². The zero-order chi connectivity index (χ0) is 22.5. The number of nitrogens with one attached hydrogen (secondary N) is 1. The molecule has 0 bridgehead atoms. The van der Waals surface area contributed by atoms with Crippen LogP contribution in [0.3, 0.4) is 0 Å². The molecule has 3 aromatic rings. The number of benzene rings is 2. The molecular weight excluding hydrogens is 435 g/mol. The molecule has 9 nitrogen and oxygen atoms in total. The second kappa shape index (κ2) is 9.53. The van der Waals surface area contributed by atoms with Crippen molar-refractivity contribution in [1.82, 2.24) is 10.3 Å². The molecule has 4 rings (SSSR count). The molecule has 1 aromatic heterocycles. The summed E-state index contributed by atoms with van der Waals surface area (Å²) < 4.78 is 21.6. The summed E-state index contributed by atoms with van der Waals surface area (Å²) in [5.74, 6) is 0.834. The van der Waals surface area contributed by atoms with Gasteiger partial charge in [-0.2, -0.15) is 0 Å². The number of aliphatic carboxylic acids is 1. The molecule has 1 aliphatic rings. The largest absolute Gasteiger partial charge is 0.482 e. The molecule has 1 atom stereocenters. The molecule has 0 radical (unpaired) electrons. The number of carbonyl (C=O) groups is 2. The first kappa shape index (κ1) is 21.4. The number of fused-ring (bicyclic) bond motifs is 1. The van der Waals surface area contributed by atoms with Crippen LogP contribution in [0.25, 0.3) is 0 Å². The number of carboxylic acids is 1. The Morgan fingerprint density at radius 2 is 1.91 bits per heavy atom. The van der Waals surface area contributed by atoms with Crippen LogP contribution in [0.1, 0.15) is 15.9 Å². The molecule has 1 unspecified atom stereocenters. The van der Waals surface area contributed by atoms with Crippen LogP contribution in [0.4, 0.5) is 0 Å². The highest BCUT2D eigenvalue weighted by Gasteiger charge is 2.18. The Morgan fingerprint density at radius 3 is 2.72 bits per heavy atom. The van der Waals surface area contributed by atoms with Crippen molar-refractivity contribution in [2.75, 3.05) is 13.4 Å². The summed E-state index contributed by atoms with van der Waals surface area (Å²) >= 11 is 0. The van der Waals surface area contributed by atoms with E-state index in [0.29, 0.717) is 23.0 Å². The summed E-state index contributed by atoms with van der Waals surface area (Å²) in [5.41, 5.74) is 1.10. The normalized spacial score (nSPS) is 11.7. The topological polar surface area (TPSA) is 116 Å². The molecular formula is C22H19N2O7P. The highest BCUT2D eigenvalue weighted by molar-refractivity contribution is 7.27. The maximum Gasteiger partial charge on any atom is 0.341 e. The van der Waals surface area contributed by atoms with E-state index in [1.165, 1.54) is 6.20 Å². The first-order valence-electron chi connectivity index (χ1n) is 9.53. The van der Waals surface area contributed by atoms with Crippen molar-refractivity contribution in [2.45, 2.75) is 6.54 Å². The fourth-order valence-corrected chi connectivity index (χ4v) is 3.30. The standard InChI is InChI=1S/C22H19N2O7P/c25-20(26)11-28-14-4-3-13(19(32)9-14)10-24-21(27)16-2-1-7-23-22(16)31-15-5-6-17-18(8-15)30-12-29-17/h1-9H,10-12,32H2,(H,24,27)(H,25,26). The summed E-state index contributed by atoms with van der Waals surface area (Å²) in [6.45, 7) is -0.0248. The van der Waals surface area contributed by atoms with Gasteiger partial charge in [0.15, 0.2) is 18.1 Å². The number of carboxylic acid groups (broad SMARTS) is 1. The van der Waals surface area contributed by atoms with Crippen molar-refractivity contribution in [2.24, 2.45) is 0 Å². The molecule has 32 heavy (non-hydrogen) atoms. The maximum absolute atomic E-state index is 12.8. The Hall–Kier alpha value is -3.84. The lowest BCUT2D eigenvalue weighted by atomic mass is 10.2. The minimum Gasteiger partial charge on any atom is -0.482 e. The van der Waals surface area contributed by atoms with E-state index >= 15 is 0 Å². The Morgan fingerprint density at radius 1 is 1.09 bits per heavy atom. The van der Waals surface area contributed by atoms with Crippen LogP contribution >= 0.6 is 9.24 Å². The molecule has 0 fully saturated rings. The average molecular weight is 454 g/mol. The number of amides is 1. The molecule has 10 heteroatoms. The van der Waals surface area contributed by atoms with Crippen molar-refractivity contribution in [3.63, 3.8) is 0 Å². The molecule has 2 aromatic carbocycles. The number of nitrogens with zero attached hydrogens (tertiary/aromatic N) is 1. The van der Waals surface area contributed by atoms with E-state index in [1.807, 2.05) is 0 Å². The van der Waals surface area contributed by atoms with Crippen molar-refractivity contribution in [1.29, 1.82) is 0 Å². The lowest BCUT2D eigenvalue weighted by Gasteiger charge is -2.12. The third kappa shape index (κ3) is 5.07. The summed E-state index contributed by atoms with van der Waals surface area (Å²) in [6, 6.07) is 13.5. The van der Waals surface area contributed by atoms with Gasteiger partial charge in [0.2, 0.25) is 12.7 Å². The van der Waals surface area contributed by atoms with Gasteiger partial charge < -0.3 is 29.4 Å². The van der Waals surface area contributed by atoms with E-state index in [2.05, 4.69) is 19.5 Å². The summed E-state index contributed by atoms with van der Waals surface area (Å²) in [4.78, 5) is 27.6. The lowest BCUT2D eigenvalue weighted by Crippen LogP contribution is -2.25. The van der Waals surface area contributed by atoms with Gasteiger partial charge in [0.1, 0.15) is 17.1 Å². The molecule has 1 aliphatic heterocycles. The second-order valence-electron chi connectivity index (χ2n) is 6.70. The van der Waals surface area contributed by atoms with Gasteiger partial charge in [-0.3, -0.25) is 4.79 Å². The SMILES string of the molecule is O=C(O)COc1ccc(CNC(=O)c2cccnc2Oc2ccc3c(c2)OCO3)c(P)c1. The molecule has 164 valence electrons. The lowest BCUT2D eigenvalue weighted by molar-refractivity contribution is -0.139. The number of hydrogen-bond donors (Lipinski definition) is 2. The third-order valence-corrected chi connectivity index (χ3v) is 5.03. The number of carbonyl (C=O) groups excluding carboxylic acids is 1. The van der Waals surface area contributed by atoms with Crippen LogP contribution in [0.15, 0.2) is 54.7 Å². The van der Waals surface area contributed by atoms with Crippen LogP contribution in [0.5, 0.6) is 28.9 Å². The second-order valence-corrected chi connectivity index (χ2v) is 7.32. The van der Waals surface area contributed by atoms with Crippen LogP contribution in [-0.4, -0.2) is 35.4 Å². The Balaban J connectivity index is 1.42. The van der Waals surface area contributed by atoms with Gasteiger partial charge in [0.05, 0.1) is 0 Å². The van der Waals surface area contributed by atoms with Gasteiger partial charge in [-0.1, -0.05) is 6.07 Å². The van der Waals surface area contributed by atoms with Crippen LogP contribution < -0.4 is 29.6 Å². The van der Waals surface area contributed by atoms with Crippen molar-refractivity contribution >= 4 is 26.4 Å². The average Bonchev–Trinajstić information content (AvgIpc) is 3.25. The van der Waals surface area contributed by atoms with Crippen LogP contribution in [0, 0.1) is 0 Å². The number of aromatic nitrogens is 1. The molecule has 2 heterocycles. The minimum atomic E-state index is -1.05. The van der Waals surface area contributed by atoms with E-state index in [-0.39, 0.29) is 30.7 Å². The first-order chi connectivity index (χ1) is 15.5. The first-order valence-corrected chi connectivity index (χ1v) is 10.1. The van der Waals surface area contributed by atoms with Crippen LogP contribution in [0.2, 0.25) is 0 Å². The van der Waals surface area contributed by atoms with Gasteiger partial charge in [-0.15, -0.1) is 9.24 Å². The number of ether oxygens (including phenoxy) is 4. The van der Waals surface area contributed by atoms with Crippen LogP contribution in [-0.2, 0) is 11.3 Å². The summed E-state index contributed by atoms with van der Waals surface area (Å²) in [7, 11) is 2.54. The molecule has 0 saturated carbocycles. The highest BCUT2D eigenvalue weighted by Crippen LogP contribution is 2.36. The Kier molecular flexibility index (Phi) is 6.37. The number of rotatable bonds is 8. The van der Waals surface area contributed by atoms with Crippen molar-refractivity contribution in [3.8, 4) is 28.9 Å². The van der Waals surface area contributed by atoms with E-state index < -0.39 is 12.6 Å². The maximum atomic E-state index is 12.8. The predicted molar refractivity (Wildman–Crippen MR) is 117 cm³/mol. The van der Waals surface area contributed by atoms with E-state index in [0.717, 1.165) is 10.9 Å².